The number of aromatic nitrogens is 5. The van der Waals surface area contributed by atoms with Gasteiger partial charge in [0.05, 0.1) is 12.2 Å². The van der Waals surface area contributed by atoms with Gasteiger partial charge in [0, 0.05) is 5.56 Å². The zero-order valence-electron chi connectivity index (χ0n) is 12.6. The van der Waals surface area contributed by atoms with E-state index in [1.807, 2.05) is 30.3 Å². The smallest absolute Gasteiger partial charge is 0.364 e. The van der Waals surface area contributed by atoms with Crippen molar-refractivity contribution >= 4 is 0 Å². The molecule has 0 bridgehead atoms. The monoisotopic (exact) mass is 311 g/mol. The Hall–Kier alpha value is -2.70. The lowest BCUT2D eigenvalue weighted by Crippen LogP contribution is -2.28. The van der Waals surface area contributed by atoms with Crippen molar-refractivity contribution in [3.63, 3.8) is 0 Å². The van der Waals surface area contributed by atoms with Gasteiger partial charge in [0.15, 0.2) is 5.76 Å². The molecule has 0 unspecified atom stereocenters. The maximum Gasteiger partial charge on any atom is 0.364 e. The van der Waals surface area contributed by atoms with Gasteiger partial charge in [-0.25, -0.2) is 9.78 Å². The van der Waals surface area contributed by atoms with E-state index in [-0.39, 0.29) is 18.3 Å². The molecule has 0 N–H and O–H groups in total. The van der Waals surface area contributed by atoms with E-state index in [1.54, 1.807) is 6.20 Å². The average Bonchev–Trinajstić information content (AvgIpc) is 3.31. The fourth-order valence-electron chi connectivity index (χ4n) is 3.01. The summed E-state index contributed by atoms with van der Waals surface area (Å²) in [6.07, 6.45) is 5.94. The number of tetrazole rings is 1. The van der Waals surface area contributed by atoms with Crippen molar-refractivity contribution in [1.82, 2.24) is 24.8 Å². The van der Waals surface area contributed by atoms with Gasteiger partial charge >= 0.3 is 5.69 Å². The van der Waals surface area contributed by atoms with Crippen LogP contribution in [0.2, 0.25) is 0 Å². The van der Waals surface area contributed by atoms with Crippen LogP contribution in [0.25, 0.3) is 11.3 Å². The lowest BCUT2D eigenvalue weighted by atomic mass is 10.2. The van der Waals surface area contributed by atoms with E-state index < -0.39 is 0 Å². The zero-order chi connectivity index (χ0) is 15.6. The second-order valence-electron chi connectivity index (χ2n) is 5.79. The van der Waals surface area contributed by atoms with E-state index in [0.717, 1.165) is 31.2 Å². The first-order valence-electron chi connectivity index (χ1n) is 7.84. The van der Waals surface area contributed by atoms with Gasteiger partial charge in [-0.15, -0.1) is 0 Å². The average molecular weight is 311 g/mol. The van der Waals surface area contributed by atoms with Gasteiger partial charge in [-0.2, -0.15) is 9.36 Å². The van der Waals surface area contributed by atoms with Gasteiger partial charge in [0.2, 0.25) is 5.89 Å². The Bertz CT molecular complexity index is 843. The predicted molar refractivity (Wildman–Crippen MR) is 82.8 cm³/mol. The Morgan fingerprint density at radius 1 is 1.13 bits per heavy atom. The molecule has 7 nitrogen and oxygen atoms in total. The van der Waals surface area contributed by atoms with Crippen molar-refractivity contribution in [2.75, 3.05) is 0 Å². The van der Waals surface area contributed by atoms with Crippen LogP contribution in [0.5, 0.6) is 0 Å². The Balaban J connectivity index is 1.55. The zero-order valence-corrected chi connectivity index (χ0v) is 12.6. The Kier molecular flexibility index (Phi) is 3.53. The summed E-state index contributed by atoms with van der Waals surface area (Å²) in [5, 5.41) is 7.96. The molecule has 1 aromatic carbocycles. The van der Waals surface area contributed by atoms with Crippen LogP contribution in [0.3, 0.4) is 0 Å². The predicted octanol–water partition coefficient (Wildman–Crippen LogP) is 2.26. The number of nitrogens with zero attached hydrogens (tertiary/aromatic N) is 5. The lowest BCUT2D eigenvalue weighted by molar-refractivity contribution is 0.439. The highest BCUT2D eigenvalue weighted by Crippen LogP contribution is 2.27. The summed E-state index contributed by atoms with van der Waals surface area (Å²) in [5.41, 5.74) is 0.754. The Morgan fingerprint density at radius 2 is 1.91 bits per heavy atom. The van der Waals surface area contributed by atoms with Gasteiger partial charge in [0.25, 0.3) is 0 Å². The number of benzene rings is 1. The second-order valence-corrected chi connectivity index (χ2v) is 5.79. The van der Waals surface area contributed by atoms with Gasteiger partial charge in [0.1, 0.15) is 6.54 Å². The molecule has 0 atom stereocenters. The maximum atomic E-state index is 12.4. The molecular formula is C16H17N5O2. The first-order chi connectivity index (χ1) is 11.3. The van der Waals surface area contributed by atoms with E-state index in [4.69, 9.17) is 4.42 Å². The molecule has 23 heavy (non-hydrogen) atoms. The van der Waals surface area contributed by atoms with Gasteiger partial charge in [-0.3, -0.25) is 0 Å². The molecule has 1 saturated carbocycles. The van der Waals surface area contributed by atoms with E-state index >= 15 is 0 Å². The van der Waals surface area contributed by atoms with Crippen molar-refractivity contribution in [1.29, 1.82) is 0 Å². The van der Waals surface area contributed by atoms with Gasteiger partial charge < -0.3 is 4.42 Å². The van der Waals surface area contributed by atoms with Crippen LogP contribution in [-0.2, 0) is 6.54 Å². The van der Waals surface area contributed by atoms with Crippen molar-refractivity contribution in [2.24, 2.45) is 0 Å². The minimum Gasteiger partial charge on any atom is -0.439 e. The molecule has 4 rings (SSSR count). The lowest BCUT2D eigenvalue weighted by Gasteiger charge is -2.04. The van der Waals surface area contributed by atoms with E-state index in [2.05, 4.69) is 15.4 Å². The third-order valence-corrected chi connectivity index (χ3v) is 4.23. The normalized spacial score (nSPS) is 15.3. The van der Waals surface area contributed by atoms with Crippen LogP contribution in [0, 0.1) is 0 Å². The van der Waals surface area contributed by atoms with Gasteiger partial charge in [-0.05, 0) is 23.3 Å². The van der Waals surface area contributed by atoms with Crippen LogP contribution in [0.15, 0.2) is 45.7 Å². The molecule has 7 heteroatoms. The number of rotatable bonds is 4. The quantitative estimate of drug-likeness (QED) is 0.738. The summed E-state index contributed by atoms with van der Waals surface area (Å²) in [4.78, 5) is 16.6. The number of hydrogen-bond acceptors (Lipinski definition) is 5. The minimum atomic E-state index is -0.198. The van der Waals surface area contributed by atoms with Crippen LogP contribution >= 0.6 is 0 Å². The Morgan fingerprint density at radius 3 is 2.70 bits per heavy atom. The van der Waals surface area contributed by atoms with Crippen molar-refractivity contribution in [3.05, 3.63) is 52.9 Å². The molecule has 0 amide bonds. The topological polar surface area (TPSA) is 78.7 Å². The highest BCUT2D eigenvalue weighted by Gasteiger charge is 2.22. The molecule has 0 spiro atoms. The van der Waals surface area contributed by atoms with Gasteiger partial charge in [-0.1, -0.05) is 43.2 Å². The summed E-state index contributed by atoms with van der Waals surface area (Å²) in [6.45, 7) is 0.193. The second kappa shape index (κ2) is 5.83. The summed E-state index contributed by atoms with van der Waals surface area (Å²) in [5.74, 6) is 1.13. The summed E-state index contributed by atoms with van der Waals surface area (Å²) in [6, 6.07) is 9.91. The summed E-state index contributed by atoms with van der Waals surface area (Å²) in [7, 11) is 0. The van der Waals surface area contributed by atoms with Crippen molar-refractivity contribution < 1.29 is 4.42 Å². The third kappa shape index (κ3) is 2.69. The fourth-order valence-corrected chi connectivity index (χ4v) is 3.01. The largest absolute Gasteiger partial charge is 0.439 e. The number of hydrogen-bond donors (Lipinski definition) is 0. The first-order valence-corrected chi connectivity index (χ1v) is 7.84. The Labute approximate surface area is 132 Å². The molecule has 118 valence electrons. The number of oxazole rings is 1. The minimum absolute atomic E-state index is 0.181. The van der Waals surface area contributed by atoms with E-state index in [0.29, 0.717) is 11.7 Å². The first kappa shape index (κ1) is 13.9. The van der Waals surface area contributed by atoms with Crippen LogP contribution < -0.4 is 5.69 Å². The van der Waals surface area contributed by atoms with Crippen LogP contribution in [0.1, 0.15) is 37.6 Å². The molecule has 1 fully saturated rings. The molecule has 1 aliphatic rings. The third-order valence-electron chi connectivity index (χ3n) is 4.23. The maximum absolute atomic E-state index is 12.4. The van der Waals surface area contributed by atoms with E-state index in [1.165, 1.54) is 9.36 Å². The molecule has 1 aliphatic carbocycles. The summed E-state index contributed by atoms with van der Waals surface area (Å²) >= 11 is 0. The van der Waals surface area contributed by atoms with Crippen LogP contribution in [0.4, 0.5) is 0 Å². The molecule has 0 saturated heterocycles. The van der Waals surface area contributed by atoms with Crippen molar-refractivity contribution in [3.8, 4) is 11.3 Å². The highest BCUT2D eigenvalue weighted by atomic mass is 16.4. The molecule has 3 aromatic rings. The molecule has 0 aliphatic heterocycles. The fraction of sp³-hybridized carbons (Fsp3) is 0.375. The molecule has 0 radical (unpaired) electrons. The van der Waals surface area contributed by atoms with E-state index in [9.17, 15) is 4.79 Å². The molecular weight excluding hydrogens is 294 g/mol. The standard InChI is InChI=1S/C16H17N5O2/c22-16-20(18-19-21(16)13-8-4-5-9-13)11-15-17-10-14(23-15)12-6-2-1-3-7-12/h1-3,6-7,10,13H,4-5,8-9,11H2. The highest BCUT2D eigenvalue weighted by molar-refractivity contribution is 5.55. The van der Waals surface area contributed by atoms with Crippen LogP contribution in [-0.4, -0.2) is 24.8 Å². The molecule has 2 aromatic heterocycles. The SMILES string of the molecule is O=c1n(Cc2ncc(-c3ccccc3)o2)nnn1C1CCCC1. The summed E-state index contributed by atoms with van der Waals surface area (Å²) < 4.78 is 8.51. The van der Waals surface area contributed by atoms with Crippen molar-refractivity contribution in [2.45, 2.75) is 38.3 Å². The molecule has 2 heterocycles.